The van der Waals surface area contributed by atoms with Gasteiger partial charge in [-0.05, 0) is 12.5 Å². The maximum absolute atomic E-state index is 11.4. The van der Waals surface area contributed by atoms with Gasteiger partial charge in [0, 0.05) is 6.54 Å². The normalized spacial score (nSPS) is 20.6. The van der Waals surface area contributed by atoms with Crippen molar-refractivity contribution in [1.82, 2.24) is 4.57 Å². The summed E-state index contributed by atoms with van der Waals surface area (Å²) in [7, 11) is 0. The van der Waals surface area contributed by atoms with Crippen LogP contribution >= 0.6 is 0 Å². The van der Waals surface area contributed by atoms with Gasteiger partial charge in [-0.15, -0.1) is 0 Å². The largest absolute Gasteiger partial charge is 0.503 e. The topological polar surface area (TPSA) is 101 Å². The van der Waals surface area contributed by atoms with E-state index < -0.39 is 35.7 Å². The first-order valence-electron chi connectivity index (χ1n) is 6.71. The van der Waals surface area contributed by atoms with Crippen molar-refractivity contribution >= 4 is 5.97 Å². The second-order valence-electron chi connectivity index (χ2n) is 4.98. The van der Waals surface area contributed by atoms with Gasteiger partial charge >= 0.3 is 5.97 Å². The summed E-state index contributed by atoms with van der Waals surface area (Å²) in [6, 6.07) is 9.10. The predicted octanol–water partition coefficient (Wildman–Crippen LogP) is 2.04. The maximum atomic E-state index is 11.4. The van der Waals surface area contributed by atoms with Gasteiger partial charge in [-0.25, -0.2) is 4.79 Å². The number of carbonyl (C=O) groups is 1. The Bertz CT molecular complexity index is 703. The number of nitrogens with zero attached hydrogens (tertiary/aromatic N) is 1. The van der Waals surface area contributed by atoms with E-state index in [-0.39, 0.29) is 12.2 Å². The molecule has 22 heavy (non-hydrogen) atoms. The van der Waals surface area contributed by atoms with Gasteiger partial charge < -0.3 is 29.4 Å². The molecular weight excluding hydrogens is 290 g/mol. The third kappa shape index (κ3) is 2.30. The van der Waals surface area contributed by atoms with Crippen molar-refractivity contribution in [3.05, 3.63) is 47.3 Å². The number of hydrogen-bond donors (Lipinski definition) is 3. The van der Waals surface area contributed by atoms with Gasteiger partial charge in [0.15, 0.2) is 23.5 Å². The highest BCUT2D eigenvalue weighted by Crippen LogP contribution is 2.44. The Labute approximate surface area is 125 Å². The zero-order valence-corrected chi connectivity index (χ0v) is 11.8. The third-order valence-electron chi connectivity index (χ3n) is 3.49. The summed E-state index contributed by atoms with van der Waals surface area (Å²) in [5, 5.41) is 29.3. The highest BCUT2D eigenvalue weighted by atomic mass is 16.9. The highest BCUT2D eigenvalue weighted by molar-refractivity contribution is 5.91. The molecule has 1 saturated heterocycles. The molecule has 3 rings (SSSR count). The third-order valence-corrected chi connectivity index (χ3v) is 3.49. The molecule has 116 valence electrons. The van der Waals surface area contributed by atoms with Crippen molar-refractivity contribution in [3.8, 4) is 11.5 Å². The minimum atomic E-state index is -1.35. The van der Waals surface area contributed by atoms with E-state index >= 15 is 0 Å². The van der Waals surface area contributed by atoms with Crippen LogP contribution in [0, 0.1) is 0 Å². The van der Waals surface area contributed by atoms with Gasteiger partial charge in [-0.3, -0.25) is 0 Å². The summed E-state index contributed by atoms with van der Waals surface area (Å²) in [4.78, 5) is 11.4. The van der Waals surface area contributed by atoms with E-state index in [1.807, 2.05) is 30.3 Å². The molecule has 0 atom stereocenters. The lowest BCUT2D eigenvalue weighted by molar-refractivity contribution is -0.384. The lowest BCUT2D eigenvalue weighted by Gasteiger charge is -2.34. The van der Waals surface area contributed by atoms with E-state index in [1.54, 1.807) is 6.92 Å². The molecule has 7 nitrogen and oxygen atoms in total. The molecule has 1 fully saturated rings. The van der Waals surface area contributed by atoms with E-state index in [4.69, 9.17) is 9.47 Å². The van der Waals surface area contributed by atoms with Crippen molar-refractivity contribution in [2.75, 3.05) is 0 Å². The van der Waals surface area contributed by atoms with Gasteiger partial charge in [0.25, 0.3) is 0 Å². The van der Waals surface area contributed by atoms with Crippen molar-refractivity contribution in [2.24, 2.45) is 0 Å². The predicted molar refractivity (Wildman–Crippen MR) is 74.6 cm³/mol. The zero-order chi connectivity index (χ0) is 15.9. The first-order chi connectivity index (χ1) is 10.5. The molecule has 0 saturated carbocycles. The van der Waals surface area contributed by atoms with E-state index in [9.17, 15) is 20.1 Å². The zero-order valence-electron chi connectivity index (χ0n) is 11.8. The summed E-state index contributed by atoms with van der Waals surface area (Å²) >= 11 is 0. The Kier molecular flexibility index (Phi) is 3.51. The van der Waals surface area contributed by atoms with Gasteiger partial charge in [0.05, 0.1) is 0 Å². The monoisotopic (exact) mass is 305 g/mol. The van der Waals surface area contributed by atoms with Crippen LogP contribution in [0.3, 0.4) is 0 Å². The Hall–Kier alpha value is -2.51. The van der Waals surface area contributed by atoms with Crippen LogP contribution < -0.4 is 0 Å². The summed E-state index contributed by atoms with van der Waals surface area (Å²) in [5.74, 6) is -2.57. The quantitative estimate of drug-likeness (QED) is 0.799. The number of ether oxygens (including phenoxy) is 2. The Morgan fingerprint density at radius 3 is 2.36 bits per heavy atom. The molecule has 0 amide bonds. The molecule has 7 heteroatoms. The minimum Gasteiger partial charge on any atom is -0.503 e. The molecule has 1 aromatic carbocycles. The Morgan fingerprint density at radius 2 is 1.82 bits per heavy atom. The Balaban J connectivity index is 2.08. The van der Waals surface area contributed by atoms with Crippen LogP contribution in [-0.2, 0) is 16.0 Å². The minimum absolute atomic E-state index is 0.0943. The summed E-state index contributed by atoms with van der Waals surface area (Å²) in [5.41, 5.74) is 0.508. The van der Waals surface area contributed by atoms with Gasteiger partial charge in [-0.1, -0.05) is 30.3 Å². The summed E-state index contributed by atoms with van der Waals surface area (Å²) in [6.45, 7) is 1.83. The van der Waals surface area contributed by atoms with E-state index in [0.29, 0.717) is 0 Å². The van der Waals surface area contributed by atoms with Crippen LogP contribution in [0.15, 0.2) is 30.3 Å². The lowest BCUT2D eigenvalue weighted by Crippen LogP contribution is -2.33. The van der Waals surface area contributed by atoms with Gasteiger partial charge in [0.2, 0.25) is 6.29 Å². The first kappa shape index (κ1) is 14.4. The van der Waals surface area contributed by atoms with Crippen LogP contribution in [0.5, 0.6) is 11.5 Å². The molecule has 0 bridgehead atoms. The number of carboxylic acid groups (broad SMARTS) is 1. The van der Waals surface area contributed by atoms with Gasteiger partial charge in [-0.2, -0.15) is 0 Å². The molecule has 1 aliphatic heterocycles. The molecule has 2 heterocycles. The molecular formula is C15H15NO6. The molecule has 3 N–H and O–H groups in total. The maximum Gasteiger partial charge on any atom is 0.356 e. The molecule has 0 unspecified atom stereocenters. The molecule has 1 aromatic heterocycles. The Morgan fingerprint density at radius 1 is 1.18 bits per heavy atom. The van der Waals surface area contributed by atoms with Crippen molar-refractivity contribution in [3.63, 3.8) is 0 Å². The SMILES string of the molecule is CC1OC(c2c(O)c(O)c(C(=O)O)n2Cc2ccccc2)O1. The average molecular weight is 305 g/mol. The van der Waals surface area contributed by atoms with E-state index in [1.165, 1.54) is 4.57 Å². The number of benzene rings is 1. The van der Waals surface area contributed by atoms with Crippen LogP contribution in [0.1, 0.15) is 35.0 Å². The van der Waals surface area contributed by atoms with Crippen molar-refractivity contribution < 1.29 is 29.6 Å². The number of aromatic hydroxyl groups is 2. The first-order valence-corrected chi connectivity index (χ1v) is 6.71. The summed E-state index contributed by atoms with van der Waals surface area (Å²) in [6.07, 6.45) is -1.35. The average Bonchev–Trinajstić information content (AvgIpc) is 2.68. The van der Waals surface area contributed by atoms with Crippen LogP contribution in [-0.4, -0.2) is 32.1 Å². The number of aromatic nitrogens is 1. The fourth-order valence-corrected chi connectivity index (χ4v) is 2.48. The second kappa shape index (κ2) is 5.36. The molecule has 2 aromatic rings. The number of aromatic carboxylic acids is 1. The van der Waals surface area contributed by atoms with Gasteiger partial charge in [0.1, 0.15) is 5.69 Å². The number of rotatable bonds is 4. The van der Waals surface area contributed by atoms with Crippen LogP contribution in [0.25, 0.3) is 0 Å². The molecule has 0 radical (unpaired) electrons. The molecule has 0 spiro atoms. The number of carboxylic acids is 1. The molecule has 1 aliphatic rings. The van der Waals surface area contributed by atoms with Crippen molar-refractivity contribution in [2.45, 2.75) is 26.0 Å². The van der Waals surface area contributed by atoms with E-state index in [2.05, 4.69) is 0 Å². The van der Waals surface area contributed by atoms with E-state index in [0.717, 1.165) is 5.56 Å². The fourth-order valence-electron chi connectivity index (χ4n) is 2.48. The highest BCUT2D eigenvalue weighted by Gasteiger charge is 2.38. The fraction of sp³-hybridized carbons (Fsp3) is 0.267. The second-order valence-corrected chi connectivity index (χ2v) is 4.98. The van der Waals surface area contributed by atoms with Crippen molar-refractivity contribution in [1.29, 1.82) is 0 Å². The lowest BCUT2D eigenvalue weighted by atomic mass is 10.2. The van der Waals surface area contributed by atoms with Crippen LogP contribution in [0.4, 0.5) is 0 Å². The smallest absolute Gasteiger partial charge is 0.356 e. The number of hydrogen-bond acceptors (Lipinski definition) is 5. The summed E-state index contributed by atoms with van der Waals surface area (Å²) < 4.78 is 11.9. The standard InChI is InChI=1S/C15H15NO6/c1-8-21-15(22-8)11-13(18)12(17)10(14(19)20)16(11)7-9-5-3-2-4-6-9/h2-6,8,15,17-18H,7H2,1H3,(H,19,20). The molecule has 0 aliphatic carbocycles. The van der Waals surface area contributed by atoms with Crippen LogP contribution in [0.2, 0.25) is 0 Å².